The molecule has 0 radical (unpaired) electrons. The Morgan fingerprint density at radius 1 is 0.857 bits per heavy atom. The van der Waals surface area contributed by atoms with Gasteiger partial charge in [0, 0.05) is 12.6 Å². The molecule has 7 heteroatoms. The number of rotatable bonds is 14. The van der Waals surface area contributed by atoms with E-state index in [2.05, 4.69) is 5.32 Å². The van der Waals surface area contributed by atoms with Crippen molar-refractivity contribution in [2.75, 3.05) is 46.2 Å². The Balaban J connectivity index is 1.31. The normalized spacial score (nSPS) is 19.4. The van der Waals surface area contributed by atoms with Gasteiger partial charge in [0.15, 0.2) is 0 Å². The highest BCUT2D eigenvalue weighted by Gasteiger charge is 2.22. The van der Waals surface area contributed by atoms with Crippen LogP contribution >= 0.6 is 0 Å². The third kappa shape index (κ3) is 10.6. The molecule has 0 aromatic heterocycles. The first-order valence-electron chi connectivity index (χ1n) is 10.1. The molecule has 0 aliphatic heterocycles. The Morgan fingerprint density at radius 3 is 2.04 bits per heavy atom. The molecule has 1 aromatic carbocycles. The van der Waals surface area contributed by atoms with Crippen LogP contribution in [0.5, 0.6) is 0 Å². The van der Waals surface area contributed by atoms with E-state index < -0.39 is 6.09 Å². The largest absolute Gasteiger partial charge is 0.465 e. The van der Waals surface area contributed by atoms with Gasteiger partial charge in [0.1, 0.15) is 0 Å². The molecular formula is C21H33NO6. The molecule has 1 saturated carbocycles. The second-order valence-corrected chi connectivity index (χ2v) is 7.00. The Bertz CT molecular complexity index is 519. The molecule has 158 valence electrons. The number of ether oxygens (including phenoxy) is 4. The van der Waals surface area contributed by atoms with E-state index in [1.165, 1.54) is 0 Å². The van der Waals surface area contributed by atoms with E-state index in [9.17, 15) is 4.79 Å². The first kappa shape index (κ1) is 22.6. The molecule has 0 atom stereocenters. The summed E-state index contributed by atoms with van der Waals surface area (Å²) in [7, 11) is 0. The Kier molecular flexibility index (Phi) is 11.6. The topological polar surface area (TPSA) is 86.3 Å². The molecule has 1 amide bonds. The highest BCUT2D eigenvalue weighted by atomic mass is 16.6. The van der Waals surface area contributed by atoms with Crippen LogP contribution in [0.4, 0.5) is 4.79 Å². The number of hydrogen-bond donors (Lipinski definition) is 2. The minimum atomic E-state index is -0.930. The molecular weight excluding hydrogens is 362 g/mol. The standard InChI is InChI=1S/C21H33NO6/c23-21(24)22-20-8-6-19(7-9-20)17-28-15-13-26-11-10-25-12-14-27-16-18-4-2-1-3-5-18/h1-5,19-20,22H,6-17H2,(H,23,24)/t19-,20-. The van der Waals surface area contributed by atoms with E-state index in [0.29, 0.717) is 52.2 Å². The van der Waals surface area contributed by atoms with Crippen molar-refractivity contribution in [3.63, 3.8) is 0 Å². The van der Waals surface area contributed by atoms with Gasteiger partial charge in [-0.1, -0.05) is 30.3 Å². The lowest BCUT2D eigenvalue weighted by Gasteiger charge is -2.28. The molecule has 1 aliphatic rings. The van der Waals surface area contributed by atoms with E-state index >= 15 is 0 Å². The average Bonchev–Trinajstić information content (AvgIpc) is 2.70. The highest BCUT2D eigenvalue weighted by molar-refractivity contribution is 5.64. The van der Waals surface area contributed by atoms with E-state index in [-0.39, 0.29) is 6.04 Å². The maximum atomic E-state index is 10.6. The fraction of sp³-hybridized carbons (Fsp3) is 0.667. The molecule has 0 spiro atoms. The lowest BCUT2D eigenvalue weighted by atomic mass is 9.86. The summed E-state index contributed by atoms with van der Waals surface area (Å²) < 4.78 is 22.2. The van der Waals surface area contributed by atoms with Crippen molar-refractivity contribution in [3.05, 3.63) is 35.9 Å². The Labute approximate surface area is 167 Å². The van der Waals surface area contributed by atoms with Gasteiger partial charge >= 0.3 is 6.09 Å². The molecule has 1 aromatic rings. The first-order chi connectivity index (χ1) is 13.7. The summed E-state index contributed by atoms with van der Waals surface area (Å²) in [6.07, 6.45) is 2.87. The fourth-order valence-corrected chi connectivity index (χ4v) is 3.22. The van der Waals surface area contributed by atoms with Crippen molar-refractivity contribution in [3.8, 4) is 0 Å². The first-order valence-corrected chi connectivity index (χ1v) is 10.1. The SMILES string of the molecule is O=C(O)N[C@H]1CC[C@H](COCCOCCOCCOCc2ccccc2)CC1. The van der Waals surface area contributed by atoms with Crippen LogP contribution in [-0.4, -0.2) is 63.5 Å². The number of carbonyl (C=O) groups is 1. The molecule has 7 nitrogen and oxygen atoms in total. The summed E-state index contributed by atoms with van der Waals surface area (Å²) >= 11 is 0. The number of hydrogen-bond acceptors (Lipinski definition) is 5. The van der Waals surface area contributed by atoms with Crippen molar-refractivity contribution in [1.82, 2.24) is 5.32 Å². The third-order valence-corrected chi connectivity index (χ3v) is 4.76. The zero-order valence-electron chi connectivity index (χ0n) is 16.5. The minimum Gasteiger partial charge on any atom is -0.465 e. The number of benzene rings is 1. The van der Waals surface area contributed by atoms with E-state index in [1.54, 1.807) is 0 Å². The predicted molar refractivity (Wildman–Crippen MR) is 105 cm³/mol. The Hall–Kier alpha value is -1.67. The third-order valence-electron chi connectivity index (χ3n) is 4.76. The average molecular weight is 395 g/mol. The number of nitrogens with one attached hydrogen (secondary N) is 1. The van der Waals surface area contributed by atoms with Gasteiger partial charge in [0.05, 0.1) is 46.2 Å². The quantitative estimate of drug-likeness (QED) is 0.471. The lowest BCUT2D eigenvalue weighted by Crippen LogP contribution is -2.37. The minimum absolute atomic E-state index is 0.0980. The molecule has 0 bridgehead atoms. The van der Waals surface area contributed by atoms with E-state index in [1.807, 2.05) is 30.3 Å². The van der Waals surface area contributed by atoms with Gasteiger partial charge in [-0.15, -0.1) is 0 Å². The maximum Gasteiger partial charge on any atom is 0.404 e. The summed E-state index contributed by atoms with van der Waals surface area (Å²) in [5, 5.41) is 11.3. The second kappa shape index (κ2) is 14.3. The summed E-state index contributed by atoms with van der Waals surface area (Å²) in [6, 6.07) is 10.2. The van der Waals surface area contributed by atoms with Crippen LogP contribution in [0.2, 0.25) is 0 Å². The second-order valence-electron chi connectivity index (χ2n) is 7.00. The monoisotopic (exact) mass is 395 g/mol. The van der Waals surface area contributed by atoms with Gasteiger partial charge in [0.2, 0.25) is 0 Å². The maximum absolute atomic E-state index is 10.6. The van der Waals surface area contributed by atoms with E-state index in [0.717, 1.165) is 37.9 Å². The van der Waals surface area contributed by atoms with E-state index in [4.69, 9.17) is 24.1 Å². The van der Waals surface area contributed by atoms with Crippen molar-refractivity contribution in [2.24, 2.45) is 5.92 Å². The summed E-state index contributed by atoms with van der Waals surface area (Å²) in [4.78, 5) is 10.6. The van der Waals surface area contributed by atoms with Gasteiger partial charge in [-0.3, -0.25) is 0 Å². The Morgan fingerprint density at radius 2 is 1.43 bits per heavy atom. The van der Waals surface area contributed by atoms with Gasteiger partial charge in [-0.2, -0.15) is 0 Å². The van der Waals surface area contributed by atoms with Gasteiger partial charge in [0.25, 0.3) is 0 Å². The number of carboxylic acid groups (broad SMARTS) is 1. The predicted octanol–water partition coefficient (Wildman–Crippen LogP) is 3.08. The molecule has 2 N–H and O–H groups in total. The van der Waals surface area contributed by atoms with Gasteiger partial charge in [-0.05, 0) is 37.2 Å². The van der Waals surface area contributed by atoms with Crippen LogP contribution in [0.25, 0.3) is 0 Å². The van der Waals surface area contributed by atoms with Crippen LogP contribution in [0, 0.1) is 5.92 Å². The molecule has 2 rings (SSSR count). The van der Waals surface area contributed by atoms with Crippen molar-refractivity contribution < 1.29 is 28.8 Å². The van der Waals surface area contributed by atoms with Crippen molar-refractivity contribution >= 4 is 6.09 Å². The van der Waals surface area contributed by atoms with Crippen LogP contribution in [0.3, 0.4) is 0 Å². The highest BCUT2D eigenvalue weighted by Crippen LogP contribution is 2.24. The molecule has 28 heavy (non-hydrogen) atoms. The zero-order valence-corrected chi connectivity index (χ0v) is 16.5. The van der Waals surface area contributed by atoms with Crippen LogP contribution < -0.4 is 5.32 Å². The molecule has 1 aliphatic carbocycles. The van der Waals surface area contributed by atoms with Gasteiger partial charge < -0.3 is 29.4 Å². The molecule has 0 saturated heterocycles. The smallest absolute Gasteiger partial charge is 0.404 e. The summed E-state index contributed by atoms with van der Waals surface area (Å²) in [5.41, 5.74) is 1.16. The molecule has 1 fully saturated rings. The van der Waals surface area contributed by atoms with Crippen LogP contribution in [0.1, 0.15) is 31.2 Å². The summed E-state index contributed by atoms with van der Waals surface area (Å²) in [6.45, 7) is 4.70. The van der Waals surface area contributed by atoms with Crippen molar-refractivity contribution in [1.29, 1.82) is 0 Å². The van der Waals surface area contributed by atoms with Gasteiger partial charge in [-0.25, -0.2) is 4.79 Å². The molecule has 0 unspecified atom stereocenters. The lowest BCUT2D eigenvalue weighted by molar-refractivity contribution is -0.00972. The zero-order chi connectivity index (χ0) is 19.9. The van der Waals surface area contributed by atoms with Crippen LogP contribution in [0.15, 0.2) is 30.3 Å². The number of amides is 1. The van der Waals surface area contributed by atoms with Crippen molar-refractivity contribution in [2.45, 2.75) is 38.3 Å². The van der Waals surface area contributed by atoms with Crippen LogP contribution in [-0.2, 0) is 25.6 Å². The summed E-state index contributed by atoms with van der Waals surface area (Å²) in [5.74, 6) is 0.520. The molecule has 0 heterocycles. The fourth-order valence-electron chi connectivity index (χ4n) is 3.22.